The van der Waals surface area contributed by atoms with E-state index in [4.69, 9.17) is 23.5 Å². The van der Waals surface area contributed by atoms with Crippen LogP contribution in [0.25, 0.3) is 0 Å². The van der Waals surface area contributed by atoms with Gasteiger partial charge in [0.1, 0.15) is 31.2 Å². The van der Waals surface area contributed by atoms with E-state index in [9.17, 15) is 34.5 Å². The number of hydrogen-bond acceptors (Lipinski definition) is 13. The molecule has 1 saturated heterocycles. The smallest absolute Gasteiger partial charge is 0.302 e. The quantitative estimate of drug-likeness (QED) is 0.0707. The van der Waals surface area contributed by atoms with Crippen molar-refractivity contribution in [2.75, 3.05) is 44.0 Å². The molecule has 1 fully saturated rings. The van der Waals surface area contributed by atoms with E-state index in [1.165, 1.54) is 19.1 Å². The van der Waals surface area contributed by atoms with E-state index in [2.05, 4.69) is 16.0 Å². The van der Waals surface area contributed by atoms with Crippen LogP contribution in [0.15, 0.2) is 18.2 Å². The first-order chi connectivity index (χ1) is 22.6. The van der Waals surface area contributed by atoms with Crippen LogP contribution in [-0.2, 0) is 40.0 Å². The van der Waals surface area contributed by atoms with E-state index in [0.717, 1.165) is 0 Å². The van der Waals surface area contributed by atoms with Gasteiger partial charge in [-0.15, -0.1) is 0 Å². The molecular weight excluding hydrogens is 638 g/mol. The summed E-state index contributed by atoms with van der Waals surface area (Å²) in [6.07, 6.45) is -4.61. The van der Waals surface area contributed by atoms with E-state index in [1.54, 1.807) is 6.07 Å². The van der Waals surface area contributed by atoms with Gasteiger partial charge in [-0.2, -0.15) is 0 Å². The Bertz CT molecular complexity index is 1020. The summed E-state index contributed by atoms with van der Waals surface area (Å²) in [4.78, 5) is 47.2. The molecule has 272 valence electrons. The van der Waals surface area contributed by atoms with Crippen LogP contribution in [-0.4, -0.2) is 107 Å². The third-order valence-electron chi connectivity index (χ3n) is 5.63. The predicted molar refractivity (Wildman–Crippen MR) is 179 cm³/mol. The van der Waals surface area contributed by atoms with Gasteiger partial charge in [-0.25, -0.2) is 0 Å². The van der Waals surface area contributed by atoms with Gasteiger partial charge in [-0.05, 0) is 29.7 Å². The normalized spacial score (nSPS) is 17.9. The molecule has 4 atom stereocenters. The molecular formula is C31H55N3O12S. The number of rotatable bonds is 17. The van der Waals surface area contributed by atoms with Crippen LogP contribution in [0.1, 0.15) is 73.3 Å². The summed E-state index contributed by atoms with van der Waals surface area (Å²) in [5, 5.41) is 37.2. The standard InChI is InChI=1S/C25H37N3O12S.3C2H6/c1-15(30)38-13-16-2-3-19(39-24-11-18(31)25(35)20(12-29)40-24)17(10-16)28-22(33)4-6-26-23(34)14-37-8-7-27-21(32)5-9-41-36;3*1-2/h2-3,10,18,20,24-25,29,31,35-36H,4-9,11-14H2,1H3,(H,26,34)(H,27,32)(H,28,33);3*1-2H3. The minimum absolute atomic E-state index is 0.000908. The lowest BCUT2D eigenvalue weighted by atomic mass is 10.0. The maximum Gasteiger partial charge on any atom is 0.302 e. The molecule has 1 aromatic carbocycles. The molecule has 3 amide bonds. The maximum absolute atomic E-state index is 12.6. The largest absolute Gasteiger partial charge is 0.463 e. The Kier molecular flexibility index (Phi) is 28.6. The third-order valence-corrected chi connectivity index (χ3v) is 6.02. The Balaban J connectivity index is 0. The number of anilines is 1. The highest BCUT2D eigenvalue weighted by atomic mass is 32.2. The van der Waals surface area contributed by atoms with Crippen molar-refractivity contribution in [3.8, 4) is 5.75 Å². The number of carbonyl (C=O) groups excluding carboxylic acids is 4. The molecule has 0 aliphatic carbocycles. The van der Waals surface area contributed by atoms with Crippen LogP contribution in [0, 0.1) is 0 Å². The van der Waals surface area contributed by atoms with Crippen molar-refractivity contribution >= 4 is 41.4 Å². The van der Waals surface area contributed by atoms with E-state index < -0.39 is 49.0 Å². The van der Waals surface area contributed by atoms with Gasteiger partial charge < -0.3 is 54.8 Å². The number of nitrogens with one attached hydrogen (secondary N) is 3. The lowest BCUT2D eigenvalue weighted by molar-refractivity contribution is -0.229. The summed E-state index contributed by atoms with van der Waals surface area (Å²) in [5.74, 6) is -1.22. The van der Waals surface area contributed by atoms with Crippen LogP contribution in [0.2, 0.25) is 0 Å². The number of aliphatic hydroxyl groups excluding tert-OH is 3. The first-order valence-electron chi connectivity index (χ1n) is 15.9. The number of aliphatic hydroxyl groups is 3. The van der Waals surface area contributed by atoms with Crippen molar-refractivity contribution in [3.63, 3.8) is 0 Å². The average molecular weight is 694 g/mol. The molecule has 2 rings (SSSR count). The highest BCUT2D eigenvalue weighted by molar-refractivity contribution is 7.93. The number of hydrogen-bond donors (Lipinski definition) is 7. The molecule has 0 saturated carbocycles. The zero-order valence-electron chi connectivity index (χ0n) is 28.6. The molecule has 47 heavy (non-hydrogen) atoms. The van der Waals surface area contributed by atoms with Crippen molar-refractivity contribution in [3.05, 3.63) is 23.8 Å². The number of benzene rings is 1. The molecule has 16 heteroatoms. The fourth-order valence-electron chi connectivity index (χ4n) is 3.57. The second-order valence-electron chi connectivity index (χ2n) is 8.94. The second kappa shape index (κ2) is 29.2. The molecule has 1 aliphatic heterocycles. The SMILES string of the molecule is CC.CC.CC.CC(=O)OCc1ccc(OC2CC(O)C(O)C(CO)O2)c(NC(=O)CCNC(=O)COCCNC(=O)CCSO)c1. The fraction of sp³-hybridized carbons (Fsp3) is 0.677. The van der Waals surface area contributed by atoms with Crippen LogP contribution >= 0.6 is 12.0 Å². The molecule has 15 nitrogen and oxygen atoms in total. The first-order valence-corrected chi connectivity index (χ1v) is 16.8. The molecule has 0 bridgehead atoms. The Labute approximate surface area is 282 Å². The molecule has 7 N–H and O–H groups in total. The molecule has 0 radical (unpaired) electrons. The van der Waals surface area contributed by atoms with Gasteiger partial charge in [0.25, 0.3) is 0 Å². The maximum atomic E-state index is 12.6. The number of carbonyl (C=O) groups is 4. The highest BCUT2D eigenvalue weighted by Crippen LogP contribution is 2.30. The monoisotopic (exact) mass is 693 g/mol. The summed E-state index contributed by atoms with van der Waals surface area (Å²) in [7, 11) is 0. The molecule has 1 aromatic rings. The highest BCUT2D eigenvalue weighted by Gasteiger charge is 2.37. The van der Waals surface area contributed by atoms with Crippen LogP contribution in [0.4, 0.5) is 5.69 Å². The van der Waals surface area contributed by atoms with Crippen molar-refractivity contribution in [2.24, 2.45) is 0 Å². The summed E-state index contributed by atoms with van der Waals surface area (Å²) in [6.45, 7) is 12.7. The lowest BCUT2D eigenvalue weighted by Crippen LogP contribution is -2.51. The Morgan fingerprint density at radius 1 is 0.957 bits per heavy atom. The zero-order valence-corrected chi connectivity index (χ0v) is 29.4. The van der Waals surface area contributed by atoms with E-state index in [1.807, 2.05) is 41.5 Å². The Morgan fingerprint density at radius 3 is 2.23 bits per heavy atom. The van der Waals surface area contributed by atoms with Crippen LogP contribution in [0.3, 0.4) is 0 Å². The summed E-state index contributed by atoms with van der Waals surface area (Å²) in [6, 6.07) is 4.64. The topological polar surface area (TPSA) is 222 Å². The average Bonchev–Trinajstić information content (AvgIpc) is 3.07. The zero-order chi connectivity index (χ0) is 36.2. The minimum atomic E-state index is -1.28. The molecule has 1 heterocycles. The van der Waals surface area contributed by atoms with Gasteiger partial charge in [0.2, 0.25) is 24.0 Å². The fourth-order valence-corrected chi connectivity index (χ4v) is 3.85. The van der Waals surface area contributed by atoms with Crippen LogP contribution < -0.4 is 20.7 Å². The van der Waals surface area contributed by atoms with Gasteiger partial charge >= 0.3 is 5.97 Å². The molecule has 4 unspecified atom stereocenters. The van der Waals surface area contributed by atoms with Crippen molar-refractivity contribution in [1.29, 1.82) is 0 Å². The van der Waals surface area contributed by atoms with Gasteiger partial charge in [0.05, 0.1) is 25.0 Å². The lowest BCUT2D eigenvalue weighted by Gasteiger charge is -2.36. The van der Waals surface area contributed by atoms with E-state index in [-0.39, 0.29) is 75.3 Å². The van der Waals surface area contributed by atoms with Gasteiger partial charge in [-0.3, -0.25) is 19.2 Å². The Morgan fingerprint density at radius 2 is 1.62 bits per heavy atom. The minimum Gasteiger partial charge on any atom is -0.463 e. The molecule has 0 spiro atoms. The summed E-state index contributed by atoms with van der Waals surface area (Å²) < 4.78 is 30.1. The second-order valence-corrected chi connectivity index (χ2v) is 9.61. The van der Waals surface area contributed by atoms with Crippen molar-refractivity contribution in [2.45, 2.75) is 98.9 Å². The summed E-state index contributed by atoms with van der Waals surface area (Å²) >= 11 is 0.575. The first kappa shape index (κ1) is 46.1. The number of amides is 3. The Hall–Kier alpha value is -2.99. The predicted octanol–water partition coefficient (Wildman–Crippen LogP) is 2.21. The van der Waals surface area contributed by atoms with Crippen LogP contribution in [0.5, 0.6) is 5.75 Å². The van der Waals surface area contributed by atoms with E-state index in [0.29, 0.717) is 17.6 Å². The van der Waals surface area contributed by atoms with Crippen molar-refractivity contribution < 1.29 is 58.0 Å². The number of esters is 1. The van der Waals surface area contributed by atoms with Crippen molar-refractivity contribution in [1.82, 2.24) is 10.6 Å². The van der Waals surface area contributed by atoms with Gasteiger partial charge in [-0.1, -0.05) is 47.6 Å². The molecule has 1 aliphatic rings. The molecule has 0 aromatic heterocycles. The number of ether oxygens (including phenoxy) is 4. The van der Waals surface area contributed by atoms with Gasteiger partial charge in [0.15, 0.2) is 0 Å². The van der Waals surface area contributed by atoms with E-state index >= 15 is 0 Å². The third kappa shape index (κ3) is 20.8. The summed E-state index contributed by atoms with van der Waals surface area (Å²) in [5.41, 5.74) is 0.753. The van der Waals surface area contributed by atoms with Gasteiger partial charge in [0, 0.05) is 45.0 Å².